The van der Waals surface area contributed by atoms with Gasteiger partial charge in [0.2, 0.25) is 0 Å². The van der Waals surface area contributed by atoms with Crippen molar-refractivity contribution in [3.63, 3.8) is 0 Å². The summed E-state index contributed by atoms with van der Waals surface area (Å²) in [6.07, 6.45) is 0. The van der Waals surface area contributed by atoms with Gasteiger partial charge >= 0.3 is 6.03 Å². The summed E-state index contributed by atoms with van der Waals surface area (Å²) in [5, 5.41) is 14.4. The molecule has 0 aliphatic heterocycles. The fraction of sp³-hybridized carbons (Fsp3) is 0.267. The fourth-order valence-electron chi connectivity index (χ4n) is 1.88. The van der Waals surface area contributed by atoms with Crippen LogP contribution in [0, 0.1) is 24.4 Å². The lowest BCUT2D eigenvalue weighted by Gasteiger charge is -2.21. The van der Waals surface area contributed by atoms with Crippen LogP contribution in [0.3, 0.4) is 0 Å². The highest BCUT2D eigenvalue weighted by atomic mass is 19.1. The molecule has 0 spiro atoms. The van der Waals surface area contributed by atoms with Gasteiger partial charge in [0.05, 0.1) is 6.54 Å². The molecule has 0 aliphatic rings. The molecule has 0 bridgehead atoms. The first-order chi connectivity index (χ1) is 10.7. The lowest BCUT2D eigenvalue weighted by Crippen LogP contribution is -2.40. The molecule has 2 aromatic rings. The first-order valence-electron chi connectivity index (χ1n) is 6.68. The second kappa shape index (κ2) is 6.33. The number of carbonyl (C=O) groups is 1. The lowest BCUT2D eigenvalue weighted by molar-refractivity contribution is 0.0364. The van der Waals surface area contributed by atoms with Gasteiger partial charge in [0.25, 0.3) is 0 Å². The second-order valence-corrected chi connectivity index (χ2v) is 5.24. The van der Waals surface area contributed by atoms with Gasteiger partial charge in [-0.25, -0.2) is 18.0 Å². The van der Waals surface area contributed by atoms with E-state index in [0.29, 0.717) is 17.9 Å². The van der Waals surface area contributed by atoms with Gasteiger partial charge in [0.1, 0.15) is 28.6 Å². The van der Waals surface area contributed by atoms with Gasteiger partial charge in [-0.3, -0.25) is 0 Å². The maximum atomic E-state index is 13.4. The van der Waals surface area contributed by atoms with Crippen molar-refractivity contribution in [3.05, 3.63) is 53.2 Å². The minimum atomic E-state index is -1.51. The summed E-state index contributed by atoms with van der Waals surface area (Å²) in [5.41, 5.74) is -2.29. The Kier molecular flexibility index (Phi) is 4.65. The summed E-state index contributed by atoms with van der Waals surface area (Å²) in [4.78, 5) is 11.7. The molecule has 124 valence electrons. The van der Waals surface area contributed by atoms with Crippen molar-refractivity contribution in [2.45, 2.75) is 19.4 Å². The number of nitrogens with one attached hydrogen (secondary N) is 2. The van der Waals surface area contributed by atoms with Gasteiger partial charge in [0.15, 0.2) is 11.6 Å². The van der Waals surface area contributed by atoms with E-state index < -0.39 is 34.8 Å². The molecule has 1 aromatic carbocycles. The molecule has 0 saturated heterocycles. The third-order valence-corrected chi connectivity index (χ3v) is 3.11. The Bertz CT molecular complexity index is 706. The van der Waals surface area contributed by atoms with Gasteiger partial charge in [-0.05, 0) is 26.0 Å². The molecule has 1 aromatic heterocycles. The first kappa shape index (κ1) is 16.9. The minimum absolute atomic E-state index is 0.231. The molecular weight excluding hydrogens is 313 g/mol. The van der Waals surface area contributed by atoms with Crippen molar-refractivity contribution in [1.29, 1.82) is 0 Å². The monoisotopic (exact) mass is 328 g/mol. The minimum Gasteiger partial charge on any atom is -0.463 e. The van der Waals surface area contributed by atoms with Crippen molar-refractivity contribution >= 4 is 11.7 Å². The van der Waals surface area contributed by atoms with Crippen molar-refractivity contribution in [2.75, 3.05) is 11.9 Å². The summed E-state index contributed by atoms with van der Waals surface area (Å²) in [6, 6.07) is 3.13. The maximum Gasteiger partial charge on any atom is 0.319 e. The van der Waals surface area contributed by atoms with Crippen LogP contribution in [0.4, 0.5) is 23.7 Å². The Balaban J connectivity index is 2.01. The smallest absolute Gasteiger partial charge is 0.319 e. The van der Waals surface area contributed by atoms with Gasteiger partial charge < -0.3 is 20.2 Å². The largest absolute Gasteiger partial charge is 0.463 e. The molecule has 1 atom stereocenters. The number of aryl methyl sites for hydroxylation is 1. The number of anilines is 1. The van der Waals surface area contributed by atoms with Gasteiger partial charge in [0, 0.05) is 12.1 Å². The number of benzene rings is 1. The molecule has 3 N–H and O–H groups in total. The van der Waals surface area contributed by atoms with E-state index in [-0.39, 0.29) is 12.3 Å². The number of urea groups is 1. The highest BCUT2D eigenvalue weighted by Crippen LogP contribution is 2.22. The topological polar surface area (TPSA) is 74.5 Å². The van der Waals surface area contributed by atoms with E-state index in [2.05, 4.69) is 5.32 Å². The van der Waals surface area contributed by atoms with E-state index in [1.807, 2.05) is 5.32 Å². The molecule has 5 nitrogen and oxygen atoms in total. The molecule has 2 rings (SSSR count). The first-order valence-corrected chi connectivity index (χ1v) is 6.68. The third kappa shape index (κ3) is 4.04. The standard InChI is InChI=1S/C15H15F3N2O3/c1-8-3-4-12(23-8)15(2,22)7-19-14(21)20-13-10(17)5-9(16)6-11(13)18/h3-6,22H,7H2,1-2H3,(H2,19,20,21). The molecule has 1 unspecified atom stereocenters. The van der Waals surface area contributed by atoms with Crippen molar-refractivity contribution in [1.82, 2.24) is 5.32 Å². The Morgan fingerprint density at radius 2 is 1.87 bits per heavy atom. The Labute approximate surface area is 130 Å². The lowest BCUT2D eigenvalue weighted by atomic mass is 10.0. The number of furan rings is 1. The number of hydrogen-bond donors (Lipinski definition) is 3. The van der Waals surface area contributed by atoms with Gasteiger partial charge in [-0.15, -0.1) is 0 Å². The van der Waals surface area contributed by atoms with Crippen LogP contribution in [0.25, 0.3) is 0 Å². The summed E-state index contributed by atoms with van der Waals surface area (Å²) in [7, 11) is 0. The zero-order chi connectivity index (χ0) is 17.2. The second-order valence-electron chi connectivity index (χ2n) is 5.24. The molecule has 0 radical (unpaired) electrons. The number of carbonyl (C=O) groups excluding carboxylic acids is 1. The molecular formula is C15H15F3N2O3. The van der Waals surface area contributed by atoms with E-state index in [1.165, 1.54) is 6.92 Å². The number of aliphatic hydroxyl groups is 1. The third-order valence-electron chi connectivity index (χ3n) is 3.11. The van der Waals surface area contributed by atoms with Gasteiger partial charge in [-0.1, -0.05) is 0 Å². The summed E-state index contributed by atoms with van der Waals surface area (Å²) in [6.45, 7) is 2.83. The molecule has 2 amide bonds. The highest BCUT2D eigenvalue weighted by molar-refractivity contribution is 5.89. The number of rotatable bonds is 4. The average molecular weight is 328 g/mol. The molecule has 8 heteroatoms. The maximum absolute atomic E-state index is 13.4. The Hall–Kier alpha value is -2.48. The van der Waals surface area contributed by atoms with E-state index in [1.54, 1.807) is 19.1 Å². The van der Waals surface area contributed by atoms with Crippen LogP contribution in [0.5, 0.6) is 0 Å². The van der Waals surface area contributed by atoms with E-state index in [0.717, 1.165) is 0 Å². The van der Waals surface area contributed by atoms with Crippen LogP contribution < -0.4 is 10.6 Å². The molecule has 1 heterocycles. The normalized spacial score (nSPS) is 13.5. The van der Waals surface area contributed by atoms with Crippen LogP contribution in [0.15, 0.2) is 28.7 Å². The Morgan fingerprint density at radius 1 is 1.26 bits per heavy atom. The van der Waals surface area contributed by atoms with Crippen molar-refractivity contribution < 1.29 is 27.5 Å². The summed E-state index contributed by atoms with van der Waals surface area (Å²) in [5.74, 6) is -2.77. The molecule has 0 saturated carbocycles. The van der Waals surface area contributed by atoms with E-state index in [4.69, 9.17) is 4.42 Å². The Morgan fingerprint density at radius 3 is 2.39 bits per heavy atom. The quantitative estimate of drug-likeness (QED) is 0.807. The summed E-state index contributed by atoms with van der Waals surface area (Å²) >= 11 is 0. The van der Waals surface area contributed by atoms with Crippen LogP contribution in [0.1, 0.15) is 18.4 Å². The van der Waals surface area contributed by atoms with E-state index >= 15 is 0 Å². The van der Waals surface area contributed by atoms with E-state index in [9.17, 15) is 23.1 Å². The van der Waals surface area contributed by atoms with Crippen LogP contribution in [-0.2, 0) is 5.60 Å². The van der Waals surface area contributed by atoms with Crippen molar-refractivity contribution in [2.24, 2.45) is 0 Å². The predicted molar refractivity (Wildman–Crippen MR) is 76.4 cm³/mol. The SMILES string of the molecule is Cc1ccc(C(C)(O)CNC(=O)Nc2c(F)cc(F)cc2F)o1. The van der Waals surface area contributed by atoms with Crippen molar-refractivity contribution in [3.8, 4) is 0 Å². The zero-order valence-corrected chi connectivity index (χ0v) is 12.4. The molecule has 0 aliphatic carbocycles. The number of hydrogen-bond acceptors (Lipinski definition) is 3. The predicted octanol–water partition coefficient (Wildman–Crippen LogP) is 3.03. The number of halogens is 3. The average Bonchev–Trinajstić information content (AvgIpc) is 2.88. The van der Waals surface area contributed by atoms with Crippen LogP contribution >= 0.6 is 0 Å². The summed E-state index contributed by atoms with van der Waals surface area (Å²) < 4.78 is 44.9. The van der Waals surface area contributed by atoms with Gasteiger partial charge in [-0.2, -0.15) is 0 Å². The molecule has 0 fully saturated rings. The number of amides is 2. The highest BCUT2D eigenvalue weighted by Gasteiger charge is 2.27. The fourth-order valence-corrected chi connectivity index (χ4v) is 1.88. The molecule has 23 heavy (non-hydrogen) atoms. The van der Waals surface area contributed by atoms with Crippen LogP contribution in [-0.4, -0.2) is 17.7 Å². The van der Waals surface area contributed by atoms with Crippen LogP contribution in [0.2, 0.25) is 0 Å². The zero-order valence-electron chi connectivity index (χ0n) is 12.4.